The van der Waals surface area contributed by atoms with E-state index in [0.717, 1.165) is 30.8 Å². The highest BCUT2D eigenvalue weighted by molar-refractivity contribution is 5.81. The minimum Gasteiger partial charge on any atom is -0.435 e. The molecule has 138 valence electrons. The third-order valence-electron chi connectivity index (χ3n) is 4.59. The topological polar surface area (TPSA) is 68.2 Å². The molecule has 3 rings (SSSR count). The second-order valence-electron chi connectivity index (χ2n) is 7.78. The van der Waals surface area contributed by atoms with E-state index in [1.165, 1.54) is 0 Å². The molecule has 0 bridgehead atoms. The molecule has 6 nitrogen and oxygen atoms in total. The van der Waals surface area contributed by atoms with Gasteiger partial charge < -0.3 is 9.64 Å². The number of likely N-dealkylation sites (tertiary alicyclic amines) is 1. The first-order valence-corrected chi connectivity index (χ1v) is 9.06. The number of carbonyl (C=O) groups is 1. The third-order valence-corrected chi connectivity index (χ3v) is 4.59. The maximum Gasteiger partial charge on any atom is 0.241 e. The third kappa shape index (κ3) is 4.00. The van der Waals surface area contributed by atoms with Crippen molar-refractivity contribution in [3.63, 3.8) is 0 Å². The van der Waals surface area contributed by atoms with Crippen molar-refractivity contribution in [2.75, 3.05) is 13.1 Å². The number of aryl methyl sites for hydroxylation is 1. The molecule has 0 N–H and O–H groups in total. The standard InChI is InChI=1S/C20H26N4O2/c1-14-16(8-5-9-21-14)26-18-17(22-10-11-23-18)15-7-6-12-24(13-15)19(25)20(2,3)4/h5,8-11,15H,6-7,12-13H2,1-4H3. The summed E-state index contributed by atoms with van der Waals surface area (Å²) >= 11 is 0. The molecule has 1 aliphatic heterocycles. The molecule has 2 aromatic heterocycles. The highest BCUT2D eigenvalue weighted by atomic mass is 16.5. The van der Waals surface area contributed by atoms with Crippen LogP contribution in [0.15, 0.2) is 30.7 Å². The Morgan fingerprint density at radius 3 is 2.69 bits per heavy atom. The summed E-state index contributed by atoms with van der Waals surface area (Å²) in [4.78, 5) is 27.8. The summed E-state index contributed by atoms with van der Waals surface area (Å²) in [5.41, 5.74) is 1.23. The van der Waals surface area contributed by atoms with E-state index in [1.54, 1.807) is 18.6 Å². The van der Waals surface area contributed by atoms with Crippen molar-refractivity contribution in [1.29, 1.82) is 0 Å². The Labute approximate surface area is 154 Å². The van der Waals surface area contributed by atoms with Gasteiger partial charge in [0.15, 0.2) is 5.75 Å². The summed E-state index contributed by atoms with van der Waals surface area (Å²) in [5, 5.41) is 0. The zero-order valence-corrected chi connectivity index (χ0v) is 15.9. The molecule has 6 heteroatoms. The number of aromatic nitrogens is 3. The van der Waals surface area contributed by atoms with Crippen LogP contribution in [0.3, 0.4) is 0 Å². The summed E-state index contributed by atoms with van der Waals surface area (Å²) in [6, 6.07) is 3.71. The molecular formula is C20H26N4O2. The van der Waals surface area contributed by atoms with E-state index in [9.17, 15) is 4.79 Å². The number of pyridine rings is 1. The fourth-order valence-corrected chi connectivity index (χ4v) is 3.24. The van der Waals surface area contributed by atoms with Gasteiger partial charge in [-0.2, -0.15) is 0 Å². The number of ether oxygens (including phenoxy) is 1. The lowest BCUT2D eigenvalue weighted by atomic mass is 9.90. The van der Waals surface area contributed by atoms with Gasteiger partial charge in [0.05, 0.1) is 5.69 Å². The second kappa shape index (κ2) is 7.40. The Kier molecular flexibility index (Phi) is 5.20. The Hall–Kier alpha value is -2.50. The fraction of sp³-hybridized carbons (Fsp3) is 0.500. The van der Waals surface area contributed by atoms with Crippen LogP contribution in [-0.2, 0) is 4.79 Å². The predicted octanol–water partition coefficient (Wildman–Crippen LogP) is 3.72. The number of hydrogen-bond donors (Lipinski definition) is 0. The molecule has 1 atom stereocenters. The highest BCUT2D eigenvalue weighted by Crippen LogP contribution is 2.34. The van der Waals surface area contributed by atoms with Crippen LogP contribution in [0, 0.1) is 12.3 Å². The monoisotopic (exact) mass is 354 g/mol. The average Bonchev–Trinajstić information content (AvgIpc) is 2.63. The van der Waals surface area contributed by atoms with E-state index in [2.05, 4.69) is 15.0 Å². The van der Waals surface area contributed by atoms with Crippen LogP contribution in [0.1, 0.15) is 50.9 Å². The molecule has 0 aromatic carbocycles. The van der Waals surface area contributed by atoms with Crippen LogP contribution in [0.2, 0.25) is 0 Å². The van der Waals surface area contributed by atoms with Gasteiger partial charge in [0.2, 0.25) is 11.8 Å². The van der Waals surface area contributed by atoms with Crippen molar-refractivity contribution in [1.82, 2.24) is 19.9 Å². The molecule has 1 unspecified atom stereocenters. The average molecular weight is 354 g/mol. The smallest absolute Gasteiger partial charge is 0.241 e. The van der Waals surface area contributed by atoms with Crippen LogP contribution in [0.5, 0.6) is 11.6 Å². The largest absolute Gasteiger partial charge is 0.435 e. The minimum absolute atomic E-state index is 0.121. The Morgan fingerprint density at radius 2 is 1.96 bits per heavy atom. The van der Waals surface area contributed by atoms with E-state index in [4.69, 9.17) is 4.74 Å². The molecule has 2 aromatic rings. The van der Waals surface area contributed by atoms with Crippen LogP contribution < -0.4 is 4.74 Å². The first-order chi connectivity index (χ1) is 12.4. The summed E-state index contributed by atoms with van der Waals surface area (Å²) in [6.45, 7) is 9.22. The molecule has 1 saturated heterocycles. The van der Waals surface area contributed by atoms with E-state index in [1.807, 2.05) is 44.7 Å². The summed E-state index contributed by atoms with van der Waals surface area (Å²) in [7, 11) is 0. The molecular weight excluding hydrogens is 328 g/mol. The van der Waals surface area contributed by atoms with Crippen LogP contribution in [-0.4, -0.2) is 38.8 Å². The maximum absolute atomic E-state index is 12.7. The summed E-state index contributed by atoms with van der Waals surface area (Å²) < 4.78 is 6.02. The van der Waals surface area contributed by atoms with Gasteiger partial charge >= 0.3 is 0 Å². The molecule has 0 saturated carbocycles. The number of nitrogens with zero attached hydrogens (tertiary/aromatic N) is 4. The van der Waals surface area contributed by atoms with Gasteiger partial charge in [-0.15, -0.1) is 0 Å². The lowest BCUT2D eigenvalue weighted by Crippen LogP contribution is -2.44. The summed E-state index contributed by atoms with van der Waals surface area (Å²) in [6.07, 6.45) is 6.97. The number of amides is 1. The first-order valence-electron chi connectivity index (χ1n) is 9.06. The van der Waals surface area contributed by atoms with Gasteiger partial charge in [-0.25, -0.2) is 4.98 Å². The number of hydrogen-bond acceptors (Lipinski definition) is 5. The predicted molar refractivity (Wildman–Crippen MR) is 99.1 cm³/mol. The molecule has 0 radical (unpaired) electrons. The molecule has 1 aliphatic rings. The van der Waals surface area contributed by atoms with Crippen molar-refractivity contribution >= 4 is 5.91 Å². The van der Waals surface area contributed by atoms with Crippen molar-refractivity contribution in [2.45, 2.75) is 46.5 Å². The van der Waals surface area contributed by atoms with Gasteiger partial charge in [0, 0.05) is 43.0 Å². The highest BCUT2D eigenvalue weighted by Gasteiger charge is 2.33. The number of carbonyl (C=O) groups excluding carboxylic acids is 1. The first kappa shape index (κ1) is 18.3. The molecule has 26 heavy (non-hydrogen) atoms. The Balaban J connectivity index is 1.83. The lowest BCUT2D eigenvalue weighted by molar-refractivity contribution is -0.140. The van der Waals surface area contributed by atoms with Gasteiger partial charge in [0.25, 0.3) is 0 Å². The second-order valence-corrected chi connectivity index (χ2v) is 7.78. The zero-order valence-electron chi connectivity index (χ0n) is 15.9. The molecule has 0 aliphatic carbocycles. The van der Waals surface area contributed by atoms with Crippen LogP contribution in [0.25, 0.3) is 0 Å². The fourth-order valence-electron chi connectivity index (χ4n) is 3.24. The summed E-state index contributed by atoms with van der Waals surface area (Å²) in [5.74, 6) is 1.47. The minimum atomic E-state index is -0.379. The SMILES string of the molecule is Cc1ncccc1Oc1nccnc1C1CCCN(C(=O)C(C)(C)C)C1. The van der Waals surface area contributed by atoms with Gasteiger partial charge in [-0.1, -0.05) is 20.8 Å². The van der Waals surface area contributed by atoms with E-state index in [-0.39, 0.29) is 17.2 Å². The number of rotatable bonds is 3. The van der Waals surface area contributed by atoms with Crippen molar-refractivity contribution in [2.24, 2.45) is 5.41 Å². The van der Waals surface area contributed by atoms with Crippen LogP contribution in [0.4, 0.5) is 0 Å². The Morgan fingerprint density at radius 1 is 1.19 bits per heavy atom. The molecule has 1 amide bonds. The Bertz CT molecular complexity index is 785. The van der Waals surface area contributed by atoms with Gasteiger partial charge in [-0.05, 0) is 31.9 Å². The van der Waals surface area contributed by atoms with Gasteiger partial charge in [-0.3, -0.25) is 14.8 Å². The van der Waals surface area contributed by atoms with Crippen molar-refractivity contribution in [3.8, 4) is 11.6 Å². The van der Waals surface area contributed by atoms with Crippen LogP contribution >= 0.6 is 0 Å². The normalized spacial score (nSPS) is 17.8. The number of piperidine rings is 1. The molecule has 3 heterocycles. The lowest BCUT2D eigenvalue weighted by Gasteiger charge is -2.36. The maximum atomic E-state index is 12.7. The van der Waals surface area contributed by atoms with E-state index < -0.39 is 0 Å². The van der Waals surface area contributed by atoms with Gasteiger partial charge in [0.1, 0.15) is 5.69 Å². The zero-order chi connectivity index (χ0) is 18.7. The van der Waals surface area contributed by atoms with E-state index >= 15 is 0 Å². The van der Waals surface area contributed by atoms with Crippen molar-refractivity contribution < 1.29 is 9.53 Å². The van der Waals surface area contributed by atoms with E-state index in [0.29, 0.717) is 18.2 Å². The molecule has 0 spiro atoms. The molecule has 1 fully saturated rings. The van der Waals surface area contributed by atoms with Crippen molar-refractivity contribution in [3.05, 3.63) is 42.1 Å². The quantitative estimate of drug-likeness (QED) is 0.840.